The average Bonchev–Trinajstić information content (AvgIpc) is 2.82. The van der Waals surface area contributed by atoms with Gasteiger partial charge in [0.25, 0.3) is 0 Å². The molecule has 1 aliphatic heterocycles. The molecule has 0 aromatic rings. The summed E-state index contributed by atoms with van der Waals surface area (Å²) in [5.41, 5.74) is 0. The Morgan fingerprint density at radius 3 is 2.25 bits per heavy atom. The Morgan fingerprint density at radius 1 is 1.19 bits per heavy atom. The lowest BCUT2D eigenvalue weighted by molar-refractivity contribution is 0.252. The summed E-state index contributed by atoms with van der Waals surface area (Å²) in [6, 6.07) is 0. The maximum Gasteiger partial charge on any atom is 0.191 e. The Balaban J connectivity index is 2.17. The predicted molar refractivity (Wildman–Crippen MR) is 68.1 cm³/mol. The van der Waals surface area contributed by atoms with Crippen molar-refractivity contribution in [2.75, 3.05) is 13.2 Å². The average molecular weight is 246 g/mol. The van der Waals surface area contributed by atoms with Crippen molar-refractivity contribution in [1.82, 2.24) is 0 Å². The van der Waals surface area contributed by atoms with Crippen LogP contribution >= 0.6 is 0 Å². The minimum absolute atomic E-state index is 0.226. The first-order chi connectivity index (χ1) is 7.28. The highest BCUT2D eigenvalue weighted by Gasteiger charge is 2.40. The third-order valence-corrected chi connectivity index (χ3v) is 8.31. The summed E-state index contributed by atoms with van der Waals surface area (Å²) in [7, 11) is -1.59. The minimum atomic E-state index is -1.59. The van der Waals surface area contributed by atoms with Gasteiger partial charge in [0.15, 0.2) is 8.32 Å². The Bertz CT molecular complexity index is 223. The van der Waals surface area contributed by atoms with Crippen LogP contribution in [-0.2, 0) is 9.16 Å². The van der Waals surface area contributed by atoms with E-state index in [0.29, 0.717) is 6.10 Å². The van der Waals surface area contributed by atoms with Gasteiger partial charge < -0.3 is 14.3 Å². The molecule has 0 radical (unpaired) electrons. The van der Waals surface area contributed by atoms with Gasteiger partial charge in [0.2, 0.25) is 0 Å². The van der Waals surface area contributed by atoms with Gasteiger partial charge in [0.05, 0.1) is 12.2 Å². The van der Waals surface area contributed by atoms with Crippen LogP contribution in [0.15, 0.2) is 0 Å². The maximum absolute atomic E-state index is 8.75. The number of rotatable bonds is 6. The van der Waals surface area contributed by atoms with Crippen LogP contribution in [0.2, 0.25) is 18.1 Å². The molecule has 0 spiro atoms. The van der Waals surface area contributed by atoms with Gasteiger partial charge in [-0.3, -0.25) is 0 Å². The molecule has 0 aliphatic carbocycles. The van der Waals surface area contributed by atoms with Crippen molar-refractivity contribution in [3.63, 3.8) is 0 Å². The van der Waals surface area contributed by atoms with E-state index in [2.05, 4.69) is 33.9 Å². The van der Waals surface area contributed by atoms with Gasteiger partial charge in [0, 0.05) is 13.2 Å². The van der Waals surface area contributed by atoms with E-state index in [1.165, 1.54) is 0 Å². The molecule has 2 atom stereocenters. The van der Waals surface area contributed by atoms with Crippen molar-refractivity contribution in [2.24, 2.45) is 0 Å². The van der Waals surface area contributed by atoms with Crippen LogP contribution < -0.4 is 0 Å². The number of hydrogen-bond donors (Lipinski definition) is 1. The lowest BCUT2D eigenvalue weighted by Gasteiger charge is -2.36. The minimum Gasteiger partial charge on any atom is -0.417 e. The molecule has 0 amide bonds. The van der Waals surface area contributed by atoms with Gasteiger partial charge in [-0.1, -0.05) is 20.8 Å². The van der Waals surface area contributed by atoms with E-state index in [4.69, 9.17) is 14.3 Å². The Hall–Kier alpha value is 0.0969. The van der Waals surface area contributed by atoms with E-state index < -0.39 is 8.32 Å². The van der Waals surface area contributed by atoms with Gasteiger partial charge in [-0.15, -0.1) is 0 Å². The first-order valence-corrected chi connectivity index (χ1v) is 9.09. The molecule has 1 rings (SSSR count). The van der Waals surface area contributed by atoms with E-state index in [0.717, 1.165) is 19.4 Å². The summed E-state index contributed by atoms with van der Waals surface area (Å²) in [4.78, 5) is 0. The third-order valence-electron chi connectivity index (χ3n) is 3.77. The second-order valence-corrected chi connectivity index (χ2v) is 10.9. The van der Waals surface area contributed by atoms with Crippen LogP contribution in [0.25, 0.3) is 0 Å². The molecule has 0 aromatic heterocycles. The zero-order valence-electron chi connectivity index (χ0n) is 11.2. The standard InChI is InChI=1S/C12H26O3Si/c1-12(2,3)16(4,5)14-9-7-11-10(15-11)6-8-13/h10-11,13H,6-9H2,1-5H3/t10-,11-/m1/s1. The molecule has 1 fully saturated rings. The van der Waals surface area contributed by atoms with Crippen LogP contribution in [0.4, 0.5) is 0 Å². The molecule has 1 aliphatic rings. The first kappa shape index (κ1) is 14.2. The van der Waals surface area contributed by atoms with Crippen LogP contribution in [0, 0.1) is 0 Å². The molecule has 1 saturated heterocycles. The normalized spacial score (nSPS) is 25.9. The van der Waals surface area contributed by atoms with Crippen molar-refractivity contribution >= 4 is 8.32 Å². The monoisotopic (exact) mass is 246 g/mol. The fraction of sp³-hybridized carbons (Fsp3) is 1.00. The van der Waals surface area contributed by atoms with Gasteiger partial charge in [-0.2, -0.15) is 0 Å². The summed E-state index contributed by atoms with van der Waals surface area (Å²) in [6.07, 6.45) is 2.35. The smallest absolute Gasteiger partial charge is 0.191 e. The molecule has 96 valence electrons. The fourth-order valence-electron chi connectivity index (χ4n) is 1.46. The molecular weight excluding hydrogens is 220 g/mol. The summed E-state index contributed by atoms with van der Waals surface area (Å²) < 4.78 is 11.5. The van der Waals surface area contributed by atoms with Gasteiger partial charge in [-0.05, 0) is 31.0 Å². The third kappa shape index (κ3) is 3.84. The van der Waals surface area contributed by atoms with Gasteiger partial charge in [0.1, 0.15) is 0 Å². The number of aliphatic hydroxyl groups is 1. The largest absolute Gasteiger partial charge is 0.417 e. The lowest BCUT2D eigenvalue weighted by atomic mass is 10.2. The number of aliphatic hydroxyl groups excluding tert-OH is 1. The van der Waals surface area contributed by atoms with E-state index >= 15 is 0 Å². The summed E-state index contributed by atoms with van der Waals surface area (Å²) in [5.74, 6) is 0. The Morgan fingerprint density at radius 2 is 1.75 bits per heavy atom. The van der Waals surface area contributed by atoms with E-state index in [-0.39, 0.29) is 17.7 Å². The second kappa shape index (κ2) is 5.17. The Kier molecular flexibility index (Phi) is 4.57. The van der Waals surface area contributed by atoms with E-state index in [9.17, 15) is 0 Å². The first-order valence-electron chi connectivity index (χ1n) is 6.18. The SMILES string of the molecule is CC(C)(C)[Si](C)(C)OCC[C@H]1O[C@@H]1CCO. The van der Waals surface area contributed by atoms with Gasteiger partial charge in [-0.25, -0.2) is 0 Å². The van der Waals surface area contributed by atoms with Crippen LogP contribution in [0.5, 0.6) is 0 Å². The van der Waals surface area contributed by atoms with Crippen molar-refractivity contribution in [1.29, 1.82) is 0 Å². The highest BCUT2D eigenvalue weighted by molar-refractivity contribution is 6.74. The molecule has 0 saturated carbocycles. The quantitative estimate of drug-likeness (QED) is 0.578. The fourth-order valence-corrected chi connectivity index (χ4v) is 2.52. The zero-order chi connectivity index (χ0) is 12.4. The second-order valence-electron chi connectivity index (χ2n) is 6.12. The van der Waals surface area contributed by atoms with Gasteiger partial charge >= 0.3 is 0 Å². The van der Waals surface area contributed by atoms with E-state index in [1.54, 1.807) is 0 Å². The molecule has 4 heteroatoms. The van der Waals surface area contributed by atoms with Crippen LogP contribution in [0.1, 0.15) is 33.6 Å². The van der Waals surface area contributed by atoms with Crippen molar-refractivity contribution in [3.8, 4) is 0 Å². The van der Waals surface area contributed by atoms with Crippen LogP contribution in [-0.4, -0.2) is 38.8 Å². The number of hydrogen-bond acceptors (Lipinski definition) is 3. The molecule has 3 nitrogen and oxygen atoms in total. The molecule has 0 unspecified atom stereocenters. The summed E-state index contributed by atoms with van der Waals surface area (Å²) in [6.45, 7) is 12.3. The maximum atomic E-state index is 8.75. The molecule has 0 bridgehead atoms. The lowest BCUT2D eigenvalue weighted by Crippen LogP contribution is -2.41. The molecule has 0 aromatic carbocycles. The zero-order valence-corrected chi connectivity index (χ0v) is 12.2. The van der Waals surface area contributed by atoms with Crippen molar-refractivity contribution < 1.29 is 14.3 Å². The predicted octanol–water partition coefficient (Wildman–Crippen LogP) is 2.55. The molecular formula is C12H26O3Si. The van der Waals surface area contributed by atoms with Crippen molar-refractivity contribution in [3.05, 3.63) is 0 Å². The molecule has 16 heavy (non-hydrogen) atoms. The van der Waals surface area contributed by atoms with Crippen LogP contribution in [0.3, 0.4) is 0 Å². The summed E-state index contributed by atoms with van der Waals surface area (Å²) >= 11 is 0. The van der Waals surface area contributed by atoms with Crippen molar-refractivity contribution in [2.45, 2.75) is 64.0 Å². The molecule has 1 N–H and O–H groups in total. The highest BCUT2D eigenvalue weighted by atomic mass is 28.4. The number of epoxide rings is 1. The highest BCUT2D eigenvalue weighted by Crippen LogP contribution is 2.37. The van der Waals surface area contributed by atoms with E-state index in [1.807, 2.05) is 0 Å². The number of ether oxygens (including phenoxy) is 1. The molecule has 1 heterocycles. The Labute approximate surface area is 100 Å². The topological polar surface area (TPSA) is 42.0 Å². The summed E-state index contributed by atoms with van der Waals surface area (Å²) in [5, 5.41) is 9.03.